The molecule has 1 unspecified atom stereocenters. The van der Waals surface area contributed by atoms with Crippen LogP contribution in [0.4, 0.5) is 34.1 Å². The summed E-state index contributed by atoms with van der Waals surface area (Å²) < 4.78 is 44.6. The van der Waals surface area contributed by atoms with Crippen molar-refractivity contribution in [2.75, 3.05) is 9.80 Å². The van der Waals surface area contributed by atoms with Crippen LogP contribution in [0.2, 0.25) is 0 Å². The quantitative estimate of drug-likeness (QED) is 0.158. The fourth-order valence-electron chi connectivity index (χ4n) is 11.5. The van der Waals surface area contributed by atoms with Gasteiger partial charge >= 0.3 is 0 Å². The molecule has 0 saturated carbocycles. The van der Waals surface area contributed by atoms with E-state index >= 15 is 0 Å². The molecule has 0 bridgehead atoms. The van der Waals surface area contributed by atoms with Gasteiger partial charge in [0.05, 0.1) is 12.3 Å². The van der Waals surface area contributed by atoms with Gasteiger partial charge < -0.3 is 9.80 Å². The van der Waals surface area contributed by atoms with Crippen molar-refractivity contribution in [3.8, 4) is 44.5 Å². The molecule has 0 fully saturated rings. The number of nitrogens with zero attached hydrogens (tertiary/aromatic N) is 2. The molecule has 0 heterocycles. The van der Waals surface area contributed by atoms with Gasteiger partial charge in [-0.15, -0.1) is 0 Å². The first-order valence-corrected chi connectivity index (χ1v) is 22.7. The number of hydrogen-bond donors (Lipinski definition) is 0. The summed E-state index contributed by atoms with van der Waals surface area (Å²) in [7, 11) is 0. The first kappa shape index (κ1) is 33.3. The number of rotatable bonds is 7. The number of para-hydroxylation sites is 3. The Morgan fingerprint density at radius 2 is 0.758 bits per heavy atom. The highest BCUT2D eigenvalue weighted by atomic mass is 15.1. The topological polar surface area (TPSA) is 6.48 Å². The van der Waals surface area contributed by atoms with Gasteiger partial charge in [0, 0.05) is 39.5 Å². The van der Waals surface area contributed by atoms with Gasteiger partial charge in [0.2, 0.25) is 0 Å². The Hall–Kier alpha value is -8.20. The van der Waals surface area contributed by atoms with Gasteiger partial charge in [-0.1, -0.05) is 184 Å². The Bertz CT molecular complexity index is 3790. The lowest BCUT2D eigenvalue weighted by molar-refractivity contribution is 0.660. The highest BCUT2D eigenvalue weighted by molar-refractivity contribution is 6.02. The zero-order valence-corrected chi connectivity index (χ0v) is 36.6. The third-order valence-corrected chi connectivity index (χ3v) is 14.3. The average Bonchev–Trinajstić information content (AvgIpc) is 3.97. The Labute approximate surface area is 394 Å². The second-order valence-corrected chi connectivity index (χ2v) is 18.1. The molecule has 1 spiro atoms. The lowest BCUT2D eigenvalue weighted by atomic mass is 9.70. The highest BCUT2D eigenvalue weighted by Gasteiger charge is 2.53. The molecule has 0 aliphatic heterocycles. The fraction of sp³-hybridized carbons (Fsp3) is 0.0625. The summed E-state index contributed by atoms with van der Waals surface area (Å²) in [5, 5.41) is 0. The minimum atomic E-state index is -0.834. The van der Waals surface area contributed by atoms with Crippen LogP contribution in [-0.4, -0.2) is 0 Å². The number of fused-ring (bicyclic) bond motifs is 13. The van der Waals surface area contributed by atoms with Crippen LogP contribution in [0.5, 0.6) is 0 Å². The van der Waals surface area contributed by atoms with Gasteiger partial charge in [-0.25, -0.2) is 0 Å². The van der Waals surface area contributed by atoms with Gasteiger partial charge in [-0.05, 0) is 151 Å². The van der Waals surface area contributed by atoms with Crippen LogP contribution in [0.25, 0.3) is 44.5 Å². The van der Waals surface area contributed by atoms with E-state index in [1.54, 1.807) is 0 Å². The molecule has 1 atom stereocenters. The molecule has 13 rings (SSSR count). The molecule has 0 saturated heterocycles. The molecule has 3 aliphatic carbocycles. The molecule has 2 nitrogen and oxygen atoms in total. The van der Waals surface area contributed by atoms with Crippen molar-refractivity contribution in [3.05, 3.63) is 276 Å². The molecule has 3 aliphatic rings. The smallest absolute Gasteiger partial charge is 0.0727 e. The van der Waals surface area contributed by atoms with Crippen LogP contribution in [0.15, 0.2) is 243 Å². The molecule has 0 radical (unpaired) electrons. The van der Waals surface area contributed by atoms with Crippen LogP contribution < -0.4 is 9.80 Å². The van der Waals surface area contributed by atoms with Crippen LogP contribution in [-0.2, 0) is 10.8 Å². The molecule has 312 valence electrons. The zero-order valence-electron chi connectivity index (χ0n) is 41.6. The molecule has 10 aromatic carbocycles. The zero-order chi connectivity index (χ0) is 48.3. The van der Waals surface area contributed by atoms with E-state index in [0.29, 0.717) is 11.4 Å². The van der Waals surface area contributed by atoms with E-state index in [1.165, 1.54) is 27.8 Å². The third kappa shape index (κ3) is 5.48. The number of anilines is 6. The van der Waals surface area contributed by atoms with Crippen molar-refractivity contribution in [3.63, 3.8) is 0 Å². The van der Waals surface area contributed by atoms with E-state index in [0.717, 1.165) is 67.1 Å². The maximum absolute atomic E-state index is 9.27. The summed E-state index contributed by atoms with van der Waals surface area (Å²) in [5.41, 5.74) is 20.0. The van der Waals surface area contributed by atoms with Crippen LogP contribution in [0.1, 0.15) is 54.1 Å². The van der Waals surface area contributed by atoms with Crippen molar-refractivity contribution in [2.45, 2.75) is 24.7 Å². The molecular formula is C64H46N2. The number of hydrogen-bond acceptors (Lipinski definition) is 2. The first-order valence-electron chi connectivity index (χ1n) is 25.2. The Morgan fingerprint density at radius 3 is 1.39 bits per heavy atom. The summed E-state index contributed by atoms with van der Waals surface area (Å²) in [5.74, 6) is 0. The Balaban J connectivity index is 1.10. The molecule has 2 heteroatoms. The molecule has 10 aromatic rings. The van der Waals surface area contributed by atoms with E-state index in [1.807, 2.05) is 41.3 Å². The summed E-state index contributed by atoms with van der Waals surface area (Å²) in [6, 6.07) is 73.7. The number of benzene rings is 10. The molecule has 0 N–H and O–H groups in total. The van der Waals surface area contributed by atoms with Gasteiger partial charge in [0.25, 0.3) is 0 Å². The van der Waals surface area contributed by atoms with Gasteiger partial charge in [-0.3, -0.25) is 0 Å². The van der Waals surface area contributed by atoms with E-state index in [9.17, 15) is 2.74 Å². The molecular weight excluding hydrogens is 797 g/mol. The maximum Gasteiger partial charge on any atom is 0.0727 e. The van der Waals surface area contributed by atoms with Crippen molar-refractivity contribution < 1.29 is 6.85 Å². The lowest BCUT2D eigenvalue weighted by Gasteiger charge is -2.33. The second kappa shape index (κ2) is 14.7. The maximum atomic E-state index is 9.27. The normalized spacial score (nSPS) is 16.4. The van der Waals surface area contributed by atoms with Gasteiger partial charge in [-0.2, -0.15) is 0 Å². The standard InChI is InChI=1S/C64H46N2/c1-63(2)56-31-17-15-28-51(56)53-37-34-47(40-59(53)63)66(46-26-13-6-14-27-46)49-36-39-55-61(42-49)64(58-33-19-30-50(62(55)58)43-20-7-3-8-21-43)57-32-18-16-29-52(57)54-38-35-48(41-60(54)64)65(44-22-9-4-10-23-44)45-24-11-5-12-25-45/h3-42H,1-2H3/i4D,9D,10D,22D,23D. The monoisotopic (exact) mass is 847 g/mol. The highest BCUT2D eigenvalue weighted by Crippen LogP contribution is 2.65. The minimum absolute atomic E-state index is 0.0895. The predicted molar refractivity (Wildman–Crippen MR) is 275 cm³/mol. The average molecular weight is 848 g/mol. The van der Waals surface area contributed by atoms with E-state index in [-0.39, 0.29) is 35.3 Å². The van der Waals surface area contributed by atoms with Crippen LogP contribution in [0, 0.1) is 0 Å². The van der Waals surface area contributed by atoms with E-state index in [4.69, 9.17) is 4.11 Å². The molecule has 0 amide bonds. The third-order valence-electron chi connectivity index (χ3n) is 14.3. The SMILES string of the molecule is [2H]c1c([2H])c([2H])c(N(c2ccccc2)c2ccc3c(c2)C2(c4ccccc4-3)c3cc(N(c4ccccc4)c4ccc5c(c4)C(C)(C)c4ccccc4-5)ccc3-c3c(-c4ccccc4)cccc32)c([2H])c1[2H]. The Kier molecular flexibility index (Phi) is 7.41. The van der Waals surface area contributed by atoms with E-state index < -0.39 is 11.5 Å². The van der Waals surface area contributed by atoms with Crippen LogP contribution in [0.3, 0.4) is 0 Å². The molecule has 0 aromatic heterocycles. The largest absolute Gasteiger partial charge is 0.310 e. The summed E-state index contributed by atoms with van der Waals surface area (Å²) in [4.78, 5) is 4.22. The van der Waals surface area contributed by atoms with Crippen molar-refractivity contribution in [1.82, 2.24) is 0 Å². The summed E-state index contributed by atoms with van der Waals surface area (Å²) >= 11 is 0. The van der Waals surface area contributed by atoms with Crippen molar-refractivity contribution in [1.29, 1.82) is 0 Å². The van der Waals surface area contributed by atoms with Crippen LogP contribution >= 0.6 is 0 Å². The first-order chi connectivity index (χ1) is 34.6. The Morgan fingerprint density at radius 1 is 0.318 bits per heavy atom. The minimum Gasteiger partial charge on any atom is -0.310 e. The lowest BCUT2D eigenvalue weighted by Crippen LogP contribution is -2.26. The van der Waals surface area contributed by atoms with Gasteiger partial charge in [0.1, 0.15) is 0 Å². The summed E-state index contributed by atoms with van der Waals surface area (Å²) in [6.07, 6.45) is 0. The van der Waals surface area contributed by atoms with Crippen molar-refractivity contribution in [2.24, 2.45) is 0 Å². The summed E-state index contributed by atoms with van der Waals surface area (Å²) in [6.45, 7) is 4.66. The van der Waals surface area contributed by atoms with Crippen molar-refractivity contribution >= 4 is 34.1 Å². The molecule has 66 heavy (non-hydrogen) atoms. The fourth-order valence-corrected chi connectivity index (χ4v) is 11.5. The van der Waals surface area contributed by atoms with E-state index in [2.05, 4.69) is 195 Å². The van der Waals surface area contributed by atoms with Gasteiger partial charge in [0.15, 0.2) is 0 Å². The second-order valence-electron chi connectivity index (χ2n) is 18.1. The predicted octanol–water partition coefficient (Wildman–Crippen LogP) is 16.9.